The first kappa shape index (κ1) is 21.8. The maximum Gasteiger partial charge on any atom is 0.191 e. The molecule has 0 amide bonds. The van der Waals surface area contributed by atoms with Crippen LogP contribution in [0.4, 0.5) is 0 Å². The maximum absolute atomic E-state index is 5.90. The Kier molecular flexibility index (Phi) is 9.23. The van der Waals surface area contributed by atoms with E-state index in [1.54, 1.807) is 18.8 Å². The summed E-state index contributed by atoms with van der Waals surface area (Å²) >= 11 is 7.69. The second-order valence-electron chi connectivity index (χ2n) is 5.68. The van der Waals surface area contributed by atoms with Crippen molar-refractivity contribution in [2.45, 2.75) is 11.3 Å². The smallest absolute Gasteiger partial charge is 0.191 e. The Bertz CT molecular complexity index is 833. The molecule has 3 rings (SSSR count). The van der Waals surface area contributed by atoms with Gasteiger partial charge in [0.25, 0.3) is 0 Å². The lowest BCUT2D eigenvalue weighted by Crippen LogP contribution is -2.39. The Morgan fingerprint density at radius 2 is 1.93 bits per heavy atom. The molecule has 2 heterocycles. The molecule has 0 aliphatic carbocycles. The summed E-state index contributed by atoms with van der Waals surface area (Å²) in [6.07, 6.45) is 4.93. The first-order valence-electron chi connectivity index (χ1n) is 8.50. The molecule has 0 radical (unpaired) electrons. The third-order valence-electron chi connectivity index (χ3n) is 3.79. The Morgan fingerprint density at radius 3 is 2.67 bits per heavy atom. The van der Waals surface area contributed by atoms with Gasteiger partial charge in [0, 0.05) is 54.6 Å². The number of rotatable bonds is 7. The minimum atomic E-state index is 0. The zero-order valence-corrected chi connectivity index (χ0v) is 19.0. The molecular formula is C19H23ClIN5S. The summed E-state index contributed by atoms with van der Waals surface area (Å²) in [5, 5.41) is 7.43. The van der Waals surface area contributed by atoms with Crippen LogP contribution in [0.5, 0.6) is 0 Å². The standard InChI is InChI=1S/C19H22ClN5S.HI/c1-21-19(23-11-13-26-17-7-5-15(20)6-8-17)22-10-9-16-14-25-12-3-2-4-18(25)24-16;/h2-8,12,14H,9-11,13H2,1H3,(H2,21,22,23);1H. The molecule has 8 heteroatoms. The van der Waals surface area contributed by atoms with Crippen molar-refractivity contribution in [3.8, 4) is 0 Å². The van der Waals surface area contributed by atoms with Gasteiger partial charge < -0.3 is 15.0 Å². The quantitative estimate of drug-likeness (QED) is 0.164. The van der Waals surface area contributed by atoms with Gasteiger partial charge in [-0.1, -0.05) is 17.7 Å². The highest BCUT2D eigenvalue weighted by atomic mass is 127. The van der Waals surface area contributed by atoms with Gasteiger partial charge in [-0.05, 0) is 36.4 Å². The highest BCUT2D eigenvalue weighted by molar-refractivity contribution is 14.0. The normalized spacial score (nSPS) is 11.3. The van der Waals surface area contributed by atoms with Gasteiger partial charge >= 0.3 is 0 Å². The average Bonchev–Trinajstić information content (AvgIpc) is 3.08. The monoisotopic (exact) mass is 515 g/mol. The van der Waals surface area contributed by atoms with Crippen LogP contribution in [0.15, 0.2) is 64.7 Å². The fourth-order valence-corrected chi connectivity index (χ4v) is 3.40. The number of hydrogen-bond donors (Lipinski definition) is 2. The topological polar surface area (TPSA) is 53.7 Å². The van der Waals surface area contributed by atoms with Gasteiger partial charge in [-0.2, -0.15) is 0 Å². The number of imidazole rings is 1. The number of nitrogens with zero attached hydrogens (tertiary/aromatic N) is 3. The van der Waals surface area contributed by atoms with Gasteiger partial charge in [-0.3, -0.25) is 4.99 Å². The minimum Gasteiger partial charge on any atom is -0.356 e. The zero-order chi connectivity index (χ0) is 18.2. The number of pyridine rings is 1. The molecule has 2 N–H and O–H groups in total. The zero-order valence-electron chi connectivity index (χ0n) is 15.1. The van der Waals surface area contributed by atoms with Crippen molar-refractivity contribution in [3.63, 3.8) is 0 Å². The molecule has 3 aromatic rings. The number of benzene rings is 1. The maximum atomic E-state index is 5.90. The van der Waals surface area contributed by atoms with Crippen LogP contribution in [0.3, 0.4) is 0 Å². The lowest BCUT2D eigenvalue weighted by Gasteiger charge is -2.11. The van der Waals surface area contributed by atoms with E-state index in [1.807, 2.05) is 53.1 Å². The van der Waals surface area contributed by atoms with Crippen LogP contribution in [0.1, 0.15) is 5.69 Å². The predicted molar refractivity (Wildman–Crippen MR) is 126 cm³/mol. The van der Waals surface area contributed by atoms with E-state index < -0.39 is 0 Å². The van der Waals surface area contributed by atoms with Gasteiger partial charge in [0.2, 0.25) is 0 Å². The van der Waals surface area contributed by atoms with Gasteiger partial charge in [0.05, 0.1) is 5.69 Å². The first-order valence-corrected chi connectivity index (χ1v) is 9.86. The molecule has 0 aliphatic heterocycles. The van der Waals surface area contributed by atoms with Crippen LogP contribution < -0.4 is 10.6 Å². The SMILES string of the molecule is CN=C(NCCSc1ccc(Cl)cc1)NCCc1cn2ccccc2n1.I. The number of guanidine groups is 1. The highest BCUT2D eigenvalue weighted by Crippen LogP contribution is 2.19. The average molecular weight is 516 g/mol. The summed E-state index contributed by atoms with van der Waals surface area (Å²) in [5.41, 5.74) is 2.04. The van der Waals surface area contributed by atoms with Crippen LogP contribution in [0, 0.1) is 0 Å². The van der Waals surface area contributed by atoms with E-state index in [-0.39, 0.29) is 24.0 Å². The molecule has 0 atom stereocenters. The Balaban J connectivity index is 0.00000261. The first-order chi connectivity index (χ1) is 12.7. The summed E-state index contributed by atoms with van der Waals surface area (Å²) in [6.45, 7) is 1.62. The summed E-state index contributed by atoms with van der Waals surface area (Å²) in [4.78, 5) is 10.1. The van der Waals surface area contributed by atoms with Crippen molar-refractivity contribution in [3.05, 3.63) is 65.6 Å². The van der Waals surface area contributed by atoms with Gasteiger partial charge in [-0.25, -0.2) is 4.98 Å². The number of hydrogen-bond acceptors (Lipinski definition) is 3. The van der Waals surface area contributed by atoms with Crippen LogP contribution in [-0.2, 0) is 6.42 Å². The largest absolute Gasteiger partial charge is 0.356 e. The third-order valence-corrected chi connectivity index (χ3v) is 5.05. The van der Waals surface area contributed by atoms with Crippen LogP contribution in [0.25, 0.3) is 5.65 Å². The molecule has 0 saturated heterocycles. The summed E-state index contributed by atoms with van der Waals surface area (Å²) in [6, 6.07) is 13.9. The summed E-state index contributed by atoms with van der Waals surface area (Å²) < 4.78 is 2.04. The molecule has 144 valence electrons. The highest BCUT2D eigenvalue weighted by Gasteiger charge is 2.02. The lowest BCUT2D eigenvalue weighted by atomic mass is 10.3. The van der Waals surface area contributed by atoms with Crippen molar-refractivity contribution >= 4 is 58.9 Å². The number of halogens is 2. The number of fused-ring (bicyclic) bond motifs is 1. The number of thioether (sulfide) groups is 1. The van der Waals surface area contributed by atoms with E-state index in [9.17, 15) is 0 Å². The van der Waals surface area contributed by atoms with E-state index in [1.165, 1.54) is 4.90 Å². The van der Waals surface area contributed by atoms with Crippen molar-refractivity contribution in [1.29, 1.82) is 0 Å². The van der Waals surface area contributed by atoms with Crippen molar-refractivity contribution in [2.24, 2.45) is 4.99 Å². The fraction of sp³-hybridized carbons (Fsp3) is 0.263. The van der Waals surface area contributed by atoms with Gasteiger partial charge in [-0.15, -0.1) is 35.7 Å². The second-order valence-corrected chi connectivity index (χ2v) is 7.28. The summed E-state index contributed by atoms with van der Waals surface area (Å²) in [7, 11) is 1.78. The molecule has 0 unspecified atom stereocenters. The Morgan fingerprint density at radius 1 is 1.15 bits per heavy atom. The van der Waals surface area contributed by atoms with Crippen LogP contribution >= 0.6 is 47.3 Å². The van der Waals surface area contributed by atoms with Crippen molar-refractivity contribution in [2.75, 3.05) is 25.9 Å². The number of aliphatic imine (C=N–C) groups is 1. The van der Waals surface area contributed by atoms with Crippen LogP contribution in [-0.4, -0.2) is 41.2 Å². The van der Waals surface area contributed by atoms with E-state index in [0.29, 0.717) is 0 Å². The molecule has 27 heavy (non-hydrogen) atoms. The Labute approximate surface area is 186 Å². The van der Waals surface area contributed by atoms with Crippen molar-refractivity contribution in [1.82, 2.24) is 20.0 Å². The second kappa shape index (κ2) is 11.4. The summed E-state index contributed by atoms with van der Waals surface area (Å²) in [5.74, 6) is 1.76. The predicted octanol–water partition coefficient (Wildman–Crippen LogP) is 4.11. The van der Waals surface area contributed by atoms with Crippen LogP contribution in [0.2, 0.25) is 5.02 Å². The minimum absolute atomic E-state index is 0. The fourth-order valence-electron chi connectivity index (χ4n) is 2.51. The molecule has 2 aromatic heterocycles. The molecule has 0 aliphatic rings. The molecule has 0 bridgehead atoms. The molecule has 0 fully saturated rings. The molecular weight excluding hydrogens is 493 g/mol. The van der Waals surface area contributed by atoms with E-state index in [0.717, 1.165) is 47.6 Å². The van der Waals surface area contributed by atoms with Gasteiger partial charge in [0.1, 0.15) is 5.65 Å². The number of aromatic nitrogens is 2. The molecule has 0 saturated carbocycles. The van der Waals surface area contributed by atoms with Gasteiger partial charge in [0.15, 0.2) is 5.96 Å². The third kappa shape index (κ3) is 6.90. The van der Waals surface area contributed by atoms with E-state index in [4.69, 9.17) is 11.6 Å². The van der Waals surface area contributed by atoms with Crippen molar-refractivity contribution < 1.29 is 0 Å². The Hall–Kier alpha value is -1.45. The molecule has 1 aromatic carbocycles. The molecule has 0 spiro atoms. The van der Waals surface area contributed by atoms with E-state index in [2.05, 4.69) is 26.8 Å². The van der Waals surface area contributed by atoms with E-state index >= 15 is 0 Å². The lowest BCUT2D eigenvalue weighted by molar-refractivity contribution is 0.802. The number of nitrogens with one attached hydrogen (secondary N) is 2. The molecule has 5 nitrogen and oxygen atoms in total.